The Morgan fingerprint density at radius 3 is 2.28 bits per heavy atom. The Morgan fingerprint density at radius 2 is 1.58 bits per heavy atom. The maximum atomic E-state index is 10.1. The summed E-state index contributed by atoms with van der Waals surface area (Å²) in [4.78, 5) is 0. The maximum absolute atomic E-state index is 10.1. The Balaban J connectivity index is 1.25. The number of fused-ring (bicyclic) bond motifs is 1. The lowest BCUT2D eigenvalue weighted by molar-refractivity contribution is -0.0347. The molecule has 2 fully saturated rings. The lowest BCUT2D eigenvalue weighted by Crippen LogP contribution is -2.44. The summed E-state index contributed by atoms with van der Waals surface area (Å²) in [5.74, 6) is 2.68. The number of hydrogen-bond acceptors (Lipinski definition) is 4. The molecular formula is C32H34O4. The van der Waals surface area contributed by atoms with Crippen LogP contribution >= 0.6 is 0 Å². The van der Waals surface area contributed by atoms with E-state index in [1.54, 1.807) is 24.3 Å². The first-order chi connectivity index (χ1) is 17.5. The van der Waals surface area contributed by atoms with Crippen molar-refractivity contribution in [1.82, 2.24) is 0 Å². The van der Waals surface area contributed by atoms with Gasteiger partial charge in [-0.25, -0.2) is 0 Å². The van der Waals surface area contributed by atoms with Crippen molar-refractivity contribution in [2.75, 3.05) is 6.61 Å². The summed E-state index contributed by atoms with van der Waals surface area (Å²) in [7, 11) is 0. The first-order valence-electron chi connectivity index (χ1n) is 13.3. The Labute approximate surface area is 213 Å². The number of phenolic OH excluding ortho intramolecular Hbond substituents is 2. The van der Waals surface area contributed by atoms with Gasteiger partial charge >= 0.3 is 0 Å². The zero-order valence-corrected chi connectivity index (χ0v) is 20.9. The van der Waals surface area contributed by atoms with Crippen molar-refractivity contribution >= 4 is 11.1 Å². The summed E-state index contributed by atoms with van der Waals surface area (Å²) in [6.07, 6.45) is 9.23. The van der Waals surface area contributed by atoms with Gasteiger partial charge in [0.1, 0.15) is 29.1 Å². The number of allylic oxidation sites excluding steroid dienone is 1. The van der Waals surface area contributed by atoms with Crippen LogP contribution in [0.4, 0.5) is 0 Å². The SMILES string of the molecule is CC1=C(c2ccc(O)cc2)C(c2ccc(OCC3CCC34CCCCC4)cc2)Oc2cc(O)ccc21. The molecule has 2 N–H and O–H groups in total. The molecule has 1 spiro atoms. The van der Waals surface area contributed by atoms with Gasteiger partial charge in [0.25, 0.3) is 0 Å². The van der Waals surface area contributed by atoms with Gasteiger partial charge in [-0.2, -0.15) is 0 Å². The predicted molar refractivity (Wildman–Crippen MR) is 142 cm³/mol. The van der Waals surface area contributed by atoms with E-state index in [2.05, 4.69) is 19.1 Å². The van der Waals surface area contributed by atoms with Gasteiger partial charge < -0.3 is 19.7 Å². The van der Waals surface area contributed by atoms with Crippen LogP contribution in [0.1, 0.15) is 74.7 Å². The van der Waals surface area contributed by atoms with Crippen LogP contribution in [0.3, 0.4) is 0 Å². The monoisotopic (exact) mass is 482 g/mol. The Kier molecular flexibility index (Phi) is 5.91. The molecule has 2 aliphatic carbocycles. The van der Waals surface area contributed by atoms with Crippen molar-refractivity contribution in [3.63, 3.8) is 0 Å². The van der Waals surface area contributed by atoms with E-state index in [0.29, 0.717) is 17.1 Å². The fourth-order valence-electron chi connectivity index (χ4n) is 6.56. The minimum atomic E-state index is -0.338. The molecule has 0 aromatic heterocycles. The van der Waals surface area contributed by atoms with Crippen LogP contribution in [-0.2, 0) is 0 Å². The van der Waals surface area contributed by atoms with Gasteiger partial charge in [-0.3, -0.25) is 0 Å². The third kappa shape index (κ3) is 4.13. The highest BCUT2D eigenvalue weighted by atomic mass is 16.5. The van der Waals surface area contributed by atoms with Crippen LogP contribution in [0.15, 0.2) is 66.7 Å². The molecule has 2 unspecified atom stereocenters. The number of phenols is 2. The largest absolute Gasteiger partial charge is 0.508 e. The molecule has 0 saturated heterocycles. The zero-order chi connectivity index (χ0) is 24.7. The van der Waals surface area contributed by atoms with E-state index >= 15 is 0 Å². The second-order valence-electron chi connectivity index (χ2n) is 10.8. The van der Waals surface area contributed by atoms with E-state index < -0.39 is 0 Å². The first-order valence-corrected chi connectivity index (χ1v) is 13.3. The molecule has 1 heterocycles. The molecule has 36 heavy (non-hydrogen) atoms. The van der Waals surface area contributed by atoms with E-state index in [-0.39, 0.29) is 17.6 Å². The molecule has 6 rings (SSSR count). The number of hydrogen-bond donors (Lipinski definition) is 2. The van der Waals surface area contributed by atoms with Gasteiger partial charge in [0.15, 0.2) is 0 Å². The van der Waals surface area contributed by atoms with Gasteiger partial charge in [0, 0.05) is 17.2 Å². The van der Waals surface area contributed by atoms with Crippen LogP contribution < -0.4 is 9.47 Å². The normalized spacial score (nSPS) is 22.5. The molecule has 4 heteroatoms. The van der Waals surface area contributed by atoms with Gasteiger partial charge in [0.05, 0.1) is 6.61 Å². The fourth-order valence-corrected chi connectivity index (χ4v) is 6.56. The number of aromatic hydroxyl groups is 2. The van der Waals surface area contributed by atoms with Crippen molar-refractivity contribution in [3.05, 3.63) is 83.4 Å². The summed E-state index contributed by atoms with van der Waals surface area (Å²) in [6, 6.07) is 20.8. The quantitative estimate of drug-likeness (QED) is 0.388. The molecule has 2 saturated carbocycles. The second-order valence-corrected chi connectivity index (χ2v) is 10.8. The molecule has 3 aromatic rings. The van der Waals surface area contributed by atoms with Crippen molar-refractivity contribution in [2.24, 2.45) is 11.3 Å². The molecule has 3 aromatic carbocycles. The number of benzene rings is 3. The van der Waals surface area contributed by atoms with Crippen LogP contribution in [0.2, 0.25) is 0 Å². The standard InChI is InChI=1S/C32H34O4/c1-21-28-14-11-26(34)19-29(28)36-31(30(21)22-5-9-25(33)10-6-22)23-7-12-27(13-8-23)35-20-24-15-18-32(24)16-3-2-4-17-32/h5-14,19,24,31,33-34H,2-4,15-18,20H2,1H3. The second kappa shape index (κ2) is 9.24. The van der Waals surface area contributed by atoms with Crippen LogP contribution in [-0.4, -0.2) is 16.8 Å². The maximum Gasteiger partial charge on any atom is 0.150 e. The van der Waals surface area contributed by atoms with Crippen LogP contribution in [0.25, 0.3) is 11.1 Å². The Morgan fingerprint density at radius 1 is 0.861 bits per heavy atom. The summed E-state index contributed by atoms with van der Waals surface area (Å²) in [5, 5.41) is 19.9. The molecular weight excluding hydrogens is 448 g/mol. The van der Waals surface area contributed by atoms with Gasteiger partial charge in [-0.05, 0) is 97.0 Å². The predicted octanol–water partition coefficient (Wildman–Crippen LogP) is 7.90. The van der Waals surface area contributed by atoms with Crippen molar-refractivity contribution in [3.8, 4) is 23.0 Å². The highest BCUT2D eigenvalue weighted by Gasteiger charge is 2.46. The number of rotatable bonds is 5. The molecule has 0 bridgehead atoms. The molecule has 1 aliphatic heterocycles. The van der Waals surface area contributed by atoms with Gasteiger partial charge in [-0.1, -0.05) is 43.5 Å². The lowest BCUT2D eigenvalue weighted by Gasteiger charge is -2.52. The molecule has 3 aliphatic rings. The molecule has 0 radical (unpaired) electrons. The van der Waals surface area contributed by atoms with Crippen LogP contribution in [0.5, 0.6) is 23.0 Å². The zero-order valence-electron chi connectivity index (χ0n) is 20.9. The van der Waals surface area contributed by atoms with Crippen LogP contribution in [0, 0.1) is 11.3 Å². The first kappa shape index (κ1) is 23.0. The summed E-state index contributed by atoms with van der Waals surface area (Å²) in [6.45, 7) is 2.90. The summed E-state index contributed by atoms with van der Waals surface area (Å²) < 4.78 is 12.8. The Hall–Kier alpha value is -3.40. The molecule has 0 amide bonds. The number of ether oxygens (including phenoxy) is 2. The average molecular weight is 483 g/mol. The summed E-state index contributed by atoms with van der Waals surface area (Å²) in [5.41, 5.74) is 5.67. The molecule has 2 atom stereocenters. The van der Waals surface area contributed by atoms with E-state index in [0.717, 1.165) is 40.2 Å². The smallest absolute Gasteiger partial charge is 0.150 e. The van der Waals surface area contributed by atoms with E-state index in [9.17, 15) is 10.2 Å². The highest BCUT2D eigenvalue weighted by Crippen LogP contribution is 2.56. The van der Waals surface area contributed by atoms with Crippen molar-refractivity contribution in [1.29, 1.82) is 0 Å². The van der Waals surface area contributed by atoms with E-state index in [4.69, 9.17) is 9.47 Å². The molecule has 4 nitrogen and oxygen atoms in total. The fraction of sp³-hybridized carbons (Fsp3) is 0.375. The van der Waals surface area contributed by atoms with Gasteiger partial charge in [0.2, 0.25) is 0 Å². The van der Waals surface area contributed by atoms with E-state index in [1.807, 2.05) is 30.3 Å². The third-order valence-corrected chi connectivity index (χ3v) is 8.80. The molecule has 186 valence electrons. The third-order valence-electron chi connectivity index (χ3n) is 8.80. The minimum Gasteiger partial charge on any atom is -0.508 e. The van der Waals surface area contributed by atoms with Crippen molar-refractivity contribution < 1.29 is 19.7 Å². The Bertz CT molecular complexity index is 1270. The van der Waals surface area contributed by atoms with E-state index in [1.165, 1.54) is 44.9 Å². The van der Waals surface area contributed by atoms with Gasteiger partial charge in [-0.15, -0.1) is 0 Å². The summed E-state index contributed by atoms with van der Waals surface area (Å²) >= 11 is 0. The lowest BCUT2D eigenvalue weighted by atomic mass is 9.54. The van der Waals surface area contributed by atoms with Crippen molar-refractivity contribution in [2.45, 2.75) is 58.0 Å². The average Bonchev–Trinajstić information content (AvgIpc) is 2.89. The minimum absolute atomic E-state index is 0.184. The highest BCUT2D eigenvalue weighted by molar-refractivity contribution is 5.95. The topological polar surface area (TPSA) is 58.9 Å².